The summed E-state index contributed by atoms with van der Waals surface area (Å²) in [4.78, 5) is 12.1. The Morgan fingerprint density at radius 2 is 1.59 bits per heavy atom. The van der Waals surface area contributed by atoms with Gasteiger partial charge in [-0.3, -0.25) is 10.1 Å². The molecule has 0 bridgehead atoms. The van der Waals surface area contributed by atoms with Crippen LogP contribution < -0.4 is 10.6 Å². The second-order valence-corrected chi connectivity index (χ2v) is 5.96. The molecule has 4 heteroatoms. The van der Waals surface area contributed by atoms with Gasteiger partial charge in [-0.1, -0.05) is 43.7 Å². The van der Waals surface area contributed by atoms with Crippen molar-refractivity contribution in [1.29, 1.82) is 0 Å². The molecule has 0 radical (unpaired) electrons. The number of nitrogens with one attached hydrogen (secondary N) is 2. The third-order valence-electron chi connectivity index (χ3n) is 3.38. The van der Waals surface area contributed by atoms with Crippen molar-refractivity contribution in [3.8, 4) is 0 Å². The smallest absolute Gasteiger partial charge is 0.257 e. The highest BCUT2D eigenvalue weighted by Crippen LogP contribution is 2.14. The Morgan fingerprint density at radius 3 is 2.14 bits per heavy atom. The maximum Gasteiger partial charge on any atom is 0.257 e. The fraction of sp³-hybridized carbons (Fsp3) is 0.222. The first-order chi connectivity index (χ1) is 10.5. The molecule has 0 unspecified atom stereocenters. The molecule has 1 amide bonds. The van der Waals surface area contributed by atoms with Crippen molar-refractivity contribution in [2.24, 2.45) is 0 Å². The Labute approximate surface area is 136 Å². The van der Waals surface area contributed by atoms with E-state index in [9.17, 15) is 4.79 Å². The molecule has 2 aromatic rings. The summed E-state index contributed by atoms with van der Waals surface area (Å²) in [6, 6.07) is 15.4. The van der Waals surface area contributed by atoms with Gasteiger partial charge in [-0.2, -0.15) is 0 Å². The summed E-state index contributed by atoms with van der Waals surface area (Å²) in [5.41, 5.74) is 3.83. The SMILES string of the molecule is Cc1ccc(NC(=S)NC(=O)c2ccc(C(C)C)cc2)cc1. The van der Waals surface area contributed by atoms with Gasteiger partial charge in [0.2, 0.25) is 0 Å². The molecule has 2 N–H and O–H groups in total. The lowest BCUT2D eigenvalue weighted by atomic mass is 10.0. The van der Waals surface area contributed by atoms with Crippen molar-refractivity contribution in [2.75, 3.05) is 5.32 Å². The van der Waals surface area contributed by atoms with Crippen LogP contribution >= 0.6 is 12.2 Å². The molecule has 0 fully saturated rings. The Hall–Kier alpha value is -2.20. The van der Waals surface area contributed by atoms with Crippen molar-refractivity contribution in [2.45, 2.75) is 26.7 Å². The van der Waals surface area contributed by atoms with Gasteiger partial charge in [0, 0.05) is 11.3 Å². The molecule has 0 heterocycles. The molecule has 0 aliphatic carbocycles. The first-order valence-electron chi connectivity index (χ1n) is 7.24. The van der Waals surface area contributed by atoms with E-state index in [1.165, 1.54) is 11.1 Å². The van der Waals surface area contributed by atoms with E-state index >= 15 is 0 Å². The zero-order valence-corrected chi connectivity index (χ0v) is 13.8. The van der Waals surface area contributed by atoms with Crippen molar-refractivity contribution in [3.05, 3.63) is 65.2 Å². The Balaban J connectivity index is 1.96. The van der Waals surface area contributed by atoms with E-state index in [1.807, 2.05) is 55.5 Å². The minimum Gasteiger partial charge on any atom is -0.332 e. The third kappa shape index (κ3) is 4.40. The molecule has 0 spiro atoms. The van der Waals surface area contributed by atoms with Gasteiger partial charge in [-0.05, 0) is 54.9 Å². The number of rotatable bonds is 3. The van der Waals surface area contributed by atoms with E-state index in [-0.39, 0.29) is 5.91 Å². The Morgan fingerprint density at radius 1 is 1.00 bits per heavy atom. The maximum atomic E-state index is 12.1. The van der Waals surface area contributed by atoms with Gasteiger partial charge in [-0.25, -0.2) is 0 Å². The lowest BCUT2D eigenvalue weighted by Crippen LogP contribution is -2.34. The van der Waals surface area contributed by atoms with Crippen LogP contribution in [-0.4, -0.2) is 11.0 Å². The van der Waals surface area contributed by atoms with Crippen molar-refractivity contribution >= 4 is 28.9 Å². The van der Waals surface area contributed by atoms with Crippen LogP contribution in [0.25, 0.3) is 0 Å². The standard InChI is InChI=1S/C18H20N2OS/c1-12(2)14-6-8-15(9-7-14)17(21)20-18(22)19-16-10-4-13(3)5-11-16/h4-12H,1-3H3,(H2,19,20,21,22). The molecular weight excluding hydrogens is 292 g/mol. The monoisotopic (exact) mass is 312 g/mol. The van der Waals surface area contributed by atoms with Gasteiger partial charge in [0.1, 0.15) is 0 Å². The first kappa shape index (κ1) is 16.2. The minimum absolute atomic E-state index is 0.208. The minimum atomic E-state index is -0.208. The second kappa shape index (κ2) is 7.18. The van der Waals surface area contributed by atoms with Gasteiger partial charge < -0.3 is 5.32 Å². The Kier molecular flexibility index (Phi) is 5.28. The van der Waals surface area contributed by atoms with Gasteiger partial charge in [0.05, 0.1) is 0 Å². The quantitative estimate of drug-likeness (QED) is 0.833. The van der Waals surface area contributed by atoms with Crippen molar-refractivity contribution < 1.29 is 4.79 Å². The summed E-state index contributed by atoms with van der Waals surface area (Å²) < 4.78 is 0. The van der Waals surface area contributed by atoms with Gasteiger partial charge >= 0.3 is 0 Å². The number of carbonyl (C=O) groups is 1. The van der Waals surface area contributed by atoms with Crippen molar-refractivity contribution in [1.82, 2.24) is 5.32 Å². The second-order valence-electron chi connectivity index (χ2n) is 5.55. The molecule has 0 aliphatic rings. The molecular formula is C18H20N2OS. The molecule has 2 aromatic carbocycles. The lowest BCUT2D eigenvalue weighted by molar-refractivity contribution is 0.0977. The van der Waals surface area contributed by atoms with Crippen LogP contribution in [0.5, 0.6) is 0 Å². The van der Waals surface area contributed by atoms with Crippen LogP contribution in [-0.2, 0) is 0 Å². The predicted molar refractivity (Wildman–Crippen MR) is 95.4 cm³/mol. The number of hydrogen-bond acceptors (Lipinski definition) is 2. The fourth-order valence-corrected chi connectivity index (χ4v) is 2.20. The largest absolute Gasteiger partial charge is 0.332 e. The van der Waals surface area contributed by atoms with Crippen LogP contribution in [0.1, 0.15) is 41.3 Å². The number of hydrogen-bond donors (Lipinski definition) is 2. The number of benzene rings is 2. The molecule has 0 atom stereocenters. The molecule has 0 aromatic heterocycles. The molecule has 22 heavy (non-hydrogen) atoms. The lowest BCUT2D eigenvalue weighted by Gasteiger charge is -2.10. The summed E-state index contributed by atoms with van der Waals surface area (Å²) in [6.07, 6.45) is 0. The van der Waals surface area contributed by atoms with Crippen LogP contribution in [0.2, 0.25) is 0 Å². The van der Waals surface area contributed by atoms with E-state index < -0.39 is 0 Å². The third-order valence-corrected chi connectivity index (χ3v) is 3.58. The van der Waals surface area contributed by atoms with Crippen LogP contribution in [0.15, 0.2) is 48.5 Å². The number of thiocarbonyl (C=S) groups is 1. The first-order valence-corrected chi connectivity index (χ1v) is 7.65. The number of anilines is 1. The highest BCUT2D eigenvalue weighted by Gasteiger charge is 2.08. The summed E-state index contributed by atoms with van der Waals surface area (Å²) in [6.45, 7) is 6.26. The Bertz CT molecular complexity index is 660. The number of carbonyl (C=O) groups excluding carboxylic acids is 1. The van der Waals surface area contributed by atoms with Gasteiger partial charge in [0.25, 0.3) is 5.91 Å². The van der Waals surface area contributed by atoms with Crippen molar-refractivity contribution in [3.63, 3.8) is 0 Å². The van der Waals surface area contributed by atoms with Gasteiger partial charge in [0.15, 0.2) is 5.11 Å². The van der Waals surface area contributed by atoms with E-state index in [1.54, 1.807) is 0 Å². The normalized spacial score (nSPS) is 10.4. The summed E-state index contributed by atoms with van der Waals surface area (Å²) in [7, 11) is 0. The molecule has 0 saturated carbocycles. The highest BCUT2D eigenvalue weighted by molar-refractivity contribution is 7.80. The number of aryl methyl sites for hydroxylation is 1. The molecule has 2 rings (SSSR count). The zero-order chi connectivity index (χ0) is 16.1. The molecule has 114 valence electrons. The van der Waals surface area contributed by atoms with Crippen LogP contribution in [0.3, 0.4) is 0 Å². The van der Waals surface area contributed by atoms with E-state index in [0.717, 1.165) is 5.69 Å². The maximum absolute atomic E-state index is 12.1. The summed E-state index contributed by atoms with van der Waals surface area (Å²) in [5.74, 6) is 0.237. The highest BCUT2D eigenvalue weighted by atomic mass is 32.1. The van der Waals surface area contributed by atoms with E-state index in [0.29, 0.717) is 16.6 Å². The molecule has 0 saturated heterocycles. The van der Waals surface area contributed by atoms with E-state index in [4.69, 9.17) is 12.2 Å². The number of amides is 1. The van der Waals surface area contributed by atoms with Crippen LogP contribution in [0, 0.1) is 6.92 Å². The molecule has 0 aliphatic heterocycles. The average molecular weight is 312 g/mol. The van der Waals surface area contributed by atoms with Crippen LogP contribution in [0.4, 0.5) is 5.69 Å². The van der Waals surface area contributed by atoms with E-state index in [2.05, 4.69) is 24.5 Å². The van der Waals surface area contributed by atoms with Gasteiger partial charge in [-0.15, -0.1) is 0 Å². The fourth-order valence-electron chi connectivity index (χ4n) is 1.99. The molecule has 3 nitrogen and oxygen atoms in total. The topological polar surface area (TPSA) is 41.1 Å². The predicted octanol–water partition coefficient (Wildman–Crippen LogP) is 4.25. The zero-order valence-electron chi connectivity index (χ0n) is 13.0. The summed E-state index contributed by atoms with van der Waals surface area (Å²) in [5, 5.41) is 5.98. The average Bonchev–Trinajstić information content (AvgIpc) is 2.49. The summed E-state index contributed by atoms with van der Waals surface area (Å²) >= 11 is 5.17.